The molecule has 0 aromatic heterocycles. The Kier molecular flexibility index (Phi) is 4.98. The lowest BCUT2D eigenvalue weighted by Crippen LogP contribution is -2.34. The predicted octanol–water partition coefficient (Wildman–Crippen LogP) is 1.02. The Labute approximate surface area is 94.7 Å². The zero-order chi connectivity index (χ0) is 12.0. The number of carbonyl (C=O) groups is 1. The van der Waals surface area contributed by atoms with Gasteiger partial charge in [0.1, 0.15) is 6.10 Å². The number of aliphatic hydroxyl groups is 1. The number of nitrogens with zero attached hydrogens (tertiary/aromatic N) is 1. The highest BCUT2D eigenvalue weighted by Gasteiger charge is 2.36. The van der Waals surface area contributed by atoms with Gasteiger partial charge in [-0.15, -0.1) is 6.58 Å². The van der Waals surface area contributed by atoms with E-state index in [1.807, 2.05) is 0 Å². The van der Waals surface area contributed by atoms with Gasteiger partial charge in [0.25, 0.3) is 0 Å². The van der Waals surface area contributed by atoms with Crippen LogP contribution in [0.1, 0.15) is 26.2 Å². The third-order valence-electron chi connectivity index (χ3n) is 2.30. The quantitative estimate of drug-likeness (QED) is 0.418. The summed E-state index contributed by atoms with van der Waals surface area (Å²) in [5.41, 5.74) is -0.0366. The Bertz CT molecular complexity index is 288. The molecule has 0 aromatic carbocycles. The van der Waals surface area contributed by atoms with Crippen LogP contribution < -0.4 is 0 Å². The van der Waals surface area contributed by atoms with Crippen molar-refractivity contribution in [3.05, 3.63) is 12.7 Å². The molecule has 1 aliphatic rings. The largest absolute Gasteiger partial charge is 0.461 e. The van der Waals surface area contributed by atoms with E-state index < -0.39 is 18.2 Å². The second kappa shape index (κ2) is 6.27. The highest BCUT2D eigenvalue weighted by Crippen LogP contribution is 2.18. The van der Waals surface area contributed by atoms with Crippen molar-refractivity contribution in [1.29, 1.82) is 0 Å². The third kappa shape index (κ3) is 3.06. The highest BCUT2D eigenvalue weighted by atomic mass is 16.7. The summed E-state index contributed by atoms with van der Waals surface area (Å²) in [4.78, 5) is 16.3. The van der Waals surface area contributed by atoms with Crippen LogP contribution in [0.4, 0.5) is 0 Å². The lowest BCUT2D eigenvalue weighted by molar-refractivity contribution is -0.135. The normalized spacial score (nSPS) is 23.5. The molecule has 0 radical (unpaired) electrons. The molecule has 0 bridgehead atoms. The summed E-state index contributed by atoms with van der Waals surface area (Å²) in [5, 5.41) is 13.3. The van der Waals surface area contributed by atoms with Crippen molar-refractivity contribution in [2.75, 3.05) is 6.61 Å². The van der Waals surface area contributed by atoms with E-state index in [9.17, 15) is 9.90 Å². The van der Waals surface area contributed by atoms with Crippen LogP contribution in [-0.2, 0) is 14.4 Å². The molecule has 5 heteroatoms. The topological polar surface area (TPSA) is 68.1 Å². The fourth-order valence-electron chi connectivity index (χ4n) is 1.45. The molecular weight excluding hydrogens is 210 g/mol. The van der Waals surface area contributed by atoms with Gasteiger partial charge in [-0.2, -0.15) is 0 Å². The van der Waals surface area contributed by atoms with Gasteiger partial charge in [-0.25, -0.2) is 4.79 Å². The molecule has 2 atom stereocenters. The molecule has 0 saturated heterocycles. The zero-order valence-corrected chi connectivity index (χ0v) is 9.39. The summed E-state index contributed by atoms with van der Waals surface area (Å²) in [7, 11) is 0. The molecule has 1 N–H and O–H groups in total. The highest BCUT2D eigenvalue weighted by molar-refractivity contribution is 6.38. The van der Waals surface area contributed by atoms with E-state index in [4.69, 9.17) is 9.57 Å². The molecule has 16 heavy (non-hydrogen) atoms. The zero-order valence-electron chi connectivity index (χ0n) is 9.39. The van der Waals surface area contributed by atoms with E-state index in [1.165, 1.54) is 0 Å². The number of rotatable bonds is 6. The number of oxime groups is 1. The minimum Gasteiger partial charge on any atom is -0.461 e. The summed E-state index contributed by atoms with van der Waals surface area (Å²) in [5.74, 6) is -0.610. The van der Waals surface area contributed by atoms with E-state index in [0.717, 1.165) is 12.8 Å². The number of carbonyl (C=O) groups excluding carboxylic acids is 1. The number of esters is 1. The van der Waals surface area contributed by atoms with Gasteiger partial charge in [0, 0.05) is 0 Å². The number of unbranched alkanes of at least 4 members (excludes halogenated alkanes) is 1. The van der Waals surface area contributed by atoms with Gasteiger partial charge in [-0.1, -0.05) is 11.2 Å². The van der Waals surface area contributed by atoms with Crippen molar-refractivity contribution in [2.24, 2.45) is 5.16 Å². The first-order valence-electron chi connectivity index (χ1n) is 5.40. The summed E-state index contributed by atoms with van der Waals surface area (Å²) in [6.45, 7) is 5.56. The van der Waals surface area contributed by atoms with Crippen molar-refractivity contribution in [3.8, 4) is 0 Å². The molecule has 1 aliphatic heterocycles. The van der Waals surface area contributed by atoms with Gasteiger partial charge in [0.05, 0.1) is 6.61 Å². The molecule has 90 valence electrons. The number of hydrogen-bond acceptors (Lipinski definition) is 5. The molecule has 0 spiro atoms. The molecule has 0 aromatic rings. The second-order valence-electron chi connectivity index (χ2n) is 3.51. The summed E-state index contributed by atoms with van der Waals surface area (Å²) in [6.07, 6.45) is 2.70. The van der Waals surface area contributed by atoms with E-state index in [1.54, 1.807) is 13.0 Å². The van der Waals surface area contributed by atoms with Crippen LogP contribution in [0.25, 0.3) is 0 Å². The monoisotopic (exact) mass is 227 g/mol. The van der Waals surface area contributed by atoms with Crippen LogP contribution in [0.3, 0.4) is 0 Å². The van der Waals surface area contributed by atoms with E-state index in [-0.39, 0.29) is 12.3 Å². The van der Waals surface area contributed by atoms with Crippen LogP contribution in [0.5, 0.6) is 0 Å². The minimum atomic E-state index is -0.983. The second-order valence-corrected chi connectivity index (χ2v) is 3.51. The Morgan fingerprint density at radius 1 is 1.75 bits per heavy atom. The molecule has 0 unspecified atom stereocenters. The van der Waals surface area contributed by atoms with Gasteiger partial charge in [-0.3, -0.25) is 0 Å². The molecule has 1 heterocycles. The number of ether oxygens (including phenoxy) is 1. The van der Waals surface area contributed by atoms with Crippen LogP contribution in [-0.4, -0.2) is 35.6 Å². The first-order valence-corrected chi connectivity index (χ1v) is 5.40. The summed E-state index contributed by atoms with van der Waals surface area (Å²) in [6, 6.07) is 0. The van der Waals surface area contributed by atoms with Crippen LogP contribution >= 0.6 is 0 Å². The van der Waals surface area contributed by atoms with Crippen molar-refractivity contribution in [1.82, 2.24) is 0 Å². The van der Waals surface area contributed by atoms with E-state index >= 15 is 0 Å². The Hall–Kier alpha value is -1.36. The maximum Gasteiger partial charge on any atom is 0.359 e. The molecule has 0 amide bonds. The summed E-state index contributed by atoms with van der Waals surface area (Å²) < 4.78 is 4.74. The van der Waals surface area contributed by atoms with Crippen molar-refractivity contribution < 1.29 is 19.5 Å². The van der Waals surface area contributed by atoms with Gasteiger partial charge in [0.2, 0.25) is 0 Å². The van der Waals surface area contributed by atoms with Crippen molar-refractivity contribution in [3.63, 3.8) is 0 Å². The fraction of sp³-hybridized carbons (Fsp3) is 0.636. The maximum absolute atomic E-state index is 11.3. The molecule has 0 aliphatic carbocycles. The fourth-order valence-corrected chi connectivity index (χ4v) is 1.45. The van der Waals surface area contributed by atoms with Gasteiger partial charge in [0.15, 0.2) is 11.8 Å². The Balaban J connectivity index is 2.42. The van der Waals surface area contributed by atoms with E-state index in [0.29, 0.717) is 6.42 Å². The third-order valence-corrected chi connectivity index (χ3v) is 2.30. The van der Waals surface area contributed by atoms with Gasteiger partial charge in [-0.05, 0) is 26.2 Å². The average Bonchev–Trinajstić information content (AvgIpc) is 2.61. The number of hydrogen-bond donors (Lipinski definition) is 1. The molecule has 5 nitrogen and oxygen atoms in total. The van der Waals surface area contributed by atoms with E-state index in [2.05, 4.69) is 11.7 Å². The number of aliphatic hydroxyl groups excluding tert-OH is 1. The Morgan fingerprint density at radius 3 is 3.12 bits per heavy atom. The maximum atomic E-state index is 11.3. The molecule has 0 saturated carbocycles. The van der Waals surface area contributed by atoms with Gasteiger partial charge < -0.3 is 14.7 Å². The molecular formula is C11H17NO4. The van der Waals surface area contributed by atoms with Crippen molar-refractivity contribution >= 4 is 11.7 Å². The molecule has 1 rings (SSSR count). The summed E-state index contributed by atoms with van der Waals surface area (Å²) >= 11 is 0. The average molecular weight is 227 g/mol. The first kappa shape index (κ1) is 12.7. The smallest absolute Gasteiger partial charge is 0.359 e. The number of allylic oxidation sites excluding steroid dienone is 1. The van der Waals surface area contributed by atoms with Crippen LogP contribution in [0.15, 0.2) is 17.8 Å². The van der Waals surface area contributed by atoms with Crippen LogP contribution in [0.2, 0.25) is 0 Å². The van der Waals surface area contributed by atoms with Gasteiger partial charge >= 0.3 is 5.97 Å². The lowest BCUT2D eigenvalue weighted by Gasteiger charge is -2.12. The minimum absolute atomic E-state index is 0.0366. The van der Waals surface area contributed by atoms with Crippen molar-refractivity contribution in [2.45, 2.75) is 38.4 Å². The standard InChI is InChI=1S/C11H17NO4/c1-3-5-6-7-8-10(13)9(12-16-8)11(14)15-4-2/h3,8,10,13H,1,4-7H2,2H3/t8-,10-/m0/s1. The SMILES string of the molecule is C=CCCC[C@@H]1ON=C(C(=O)OCC)[C@H]1O. The molecule has 0 fully saturated rings. The van der Waals surface area contributed by atoms with Crippen LogP contribution in [0, 0.1) is 0 Å². The Morgan fingerprint density at radius 2 is 2.50 bits per heavy atom. The predicted molar refractivity (Wildman–Crippen MR) is 59.0 cm³/mol. The first-order chi connectivity index (χ1) is 7.70. The lowest BCUT2D eigenvalue weighted by atomic mass is 10.0.